The predicted molar refractivity (Wildman–Crippen MR) is 78.5 cm³/mol. The maximum atomic E-state index is 5.60. The number of anilines is 1. The maximum absolute atomic E-state index is 5.60. The molecule has 0 fully saturated rings. The minimum absolute atomic E-state index is 0.310. The van der Waals surface area contributed by atoms with Crippen LogP contribution in [0.2, 0.25) is 0 Å². The molecule has 0 unspecified atom stereocenters. The van der Waals surface area contributed by atoms with Crippen molar-refractivity contribution in [2.75, 3.05) is 18.5 Å². The van der Waals surface area contributed by atoms with Gasteiger partial charge in [-0.25, -0.2) is 4.98 Å². The van der Waals surface area contributed by atoms with E-state index in [4.69, 9.17) is 4.74 Å². The van der Waals surface area contributed by atoms with E-state index < -0.39 is 0 Å². The molecular formula is C13H21N7O. The monoisotopic (exact) mass is 291 g/mol. The van der Waals surface area contributed by atoms with Crippen molar-refractivity contribution >= 4 is 5.95 Å². The van der Waals surface area contributed by atoms with E-state index in [1.165, 1.54) is 11.0 Å². The molecule has 2 rings (SSSR count). The molecule has 114 valence electrons. The number of hydrogen-bond acceptors (Lipinski definition) is 7. The Labute approximate surface area is 124 Å². The first-order valence-electron chi connectivity index (χ1n) is 7.31. The van der Waals surface area contributed by atoms with Crippen LogP contribution >= 0.6 is 0 Å². The smallest absolute Gasteiger partial charge is 0.323 e. The Bertz CT molecular complexity index is 529. The van der Waals surface area contributed by atoms with Gasteiger partial charge < -0.3 is 10.1 Å². The lowest BCUT2D eigenvalue weighted by molar-refractivity contribution is 0.281. The molecule has 21 heavy (non-hydrogen) atoms. The first-order chi connectivity index (χ1) is 10.3. The molecule has 0 bridgehead atoms. The molecule has 8 nitrogen and oxygen atoms in total. The summed E-state index contributed by atoms with van der Waals surface area (Å²) in [4.78, 5) is 16.7. The summed E-state index contributed by atoms with van der Waals surface area (Å²) < 4.78 is 7.09. The molecule has 2 aromatic rings. The lowest BCUT2D eigenvalue weighted by Gasteiger charge is -2.08. The second-order valence-corrected chi connectivity index (χ2v) is 4.56. The van der Waals surface area contributed by atoms with E-state index in [0.29, 0.717) is 24.5 Å². The van der Waals surface area contributed by atoms with Gasteiger partial charge in [0.2, 0.25) is 5.95 Å². The lowest BCUT2D eigenvalue weighted by Crippen LogP contribution is -2.12. The van der Waals surface area contributed by atoms with Crippen molar-refractivity contribution in [3.63, 3.8) is 0 Å². The molecular weight excluding hydrogens is 270 g/mol. The van der Waals surface area contributed by atoms with Crippen molar-refractivity contribution in [1.82, 2.24) is 29.7 Å². The number of aromatic nitrogens is 6. The zero-order valence-electron chi connectivity index (χ0n) is 12.5. The van der Waals surface area contributed by atoms with Crippen molar-refractivity contribution in [2.45, 2.75) is 39.5 Å². The van der Waals surface area contributed by atoms with Crippen LogP contribution in [0.1, 0.15) is 39.5 Å². The standard InChI is InChI=1S/C13H21N7O/c1-3-5-6-8-21-13-18-11(15-7-4-2)17-12(19-13)20-10-14-9-16-20/h9-10H,3-8H2,1-2H3,(H,15,17,18,19). The Morgan fingerprint density at radius 2 is 2.05 bits per heavy atom. The molecule has 0 saturated carbocycles. The van der Waals surface area contributed by atoms with Crippen molar-refractivity contribution in [3.05, 3.63) is 12.7 Å². The van der Waals surface area contributed by atoms with Gasteiger partial charge in [-0.15, -0.1) is 0 Å². The number of unbranched alkanes of at least 4 members (excludes halogenated alkanes) is 2. The number of nitrogens with zero attached hydrogens (tertiary/aromatic N) is 6. The summed E-state index contributed by atoms with van der Waals surface area (Å²) in [6.07, 6.45) is 7.22. The average Bonchev–Trinajstić information content (AvgIpc) is 3.04. The molecule has 0 spiro atoms. The van der Waals surface area contributed by atoms with Gasteiger partial charge in [-0.05, 0) is 12.8 Å². The highest BCUT2D eigenvalue weighted by Crippen LogP contribution is 2.11. The number of ether oxygens (including phenoxy) is 1. The highest BCUT2D eigenvalue weighted by Gasteiger charge is 2.09. The van der Waals surface area contributed by atoms with Gasteiger partial charge in [-0.2, -0.15) is 24.7 Å². The van der Waals surface area contributed by atoms with Crippen LogP contribution in [0.15, 0.2) is 12.7 Å². The molecule has 0 aliphatic carbocycles. The van der Waals surface area contributed by atoms with E-state index >= 15 is 0 Å². The van der Waals surface area contributed by atoms with E-state index in [-0.39, 0.29) is 0 Å². The fourth-order valence-electron chi connectivity index (χ4n) is 1.66. The van der Waals surface area contributed by atoms with Crippen LogP contribution in [0.5, 0.6) is 6.01 Å². The van der Waals surface area contributed by atoms with Crippen LogP contribution in [0.4, 0.5) is 5.95 Å². The summed E-state index contributed by atoms with van der Waals surface area (Å²) in [5, 5.41) is 7.16. The van der Waals surface area contributed by atoms with Gasteiger partial charge in [0.1, 0.15) is 12.7 Å². The zero-order chi connectivity index (χ0) is 14.9. The second kappa shape index (κ2) is 8.13. The Morgan fingerprint density at radius 3 is 2.76 bits per heavy atom. The molecule has 1 N–H and O–H groups in total. The summed E-state index contributed by atoms with van der Waals surface area (Å²) in [5.74, 6) is 0.884. The fourth-order valence-corrected chi connectivity index (χ4v) is 1.66. The summed E-state index contributed by atoms with van der Waals surface area (Å²) in [6, 6.07) is 0.310. The summed E-state index contributed by atoms with van der Waals surface area (Å²) in [5.41, 5.74) is 0. The van der Waals surface area contributed by atoms with E-state index in [1.54, 1.807) is 6.33 Å². The van der Waals surface area contributed by atoms with Crippen LogP contribution < -0.4 is 10.1 Å². The van der Waals surface area contributed by atoms with Gasteiger partial charge in [-0.1, -0.05) is 26.7 Å². The van der Waals surface area contributed by atoms with E-state index in [2.05, 4.69) is 44.2 Å². The molecule has 0 amide bonds. The van der Waals surface area contributed by atoms with Crippen LogP contribution in [-0.4, -0.2) is 42.9 Å². The van der Waals surface area contributed by atoms with Crippen LogP contribution in [0, 0.1) is 0 Å². The molecule has 0 aliphatic rings. The molecule has 2 heterocycles. The largest absolute Gasteiger partial charge is 0.463 e. The summed E-state index contributed by atoms with van der Waals surface area (Å²) in [6.45, 7) is 5.62. The van der Waals surface area contributed by atoms with Crippen molar-refractivity contribution in [2.24, 2.45) is 0 Å². The molecule has 0 atom stereocenters. The Morgan fingerprint density at radius 1 is 1.14 bits per heavy atom. The number of hydrogen-bond donors (Lipinski definition) is 1. The van der Waals surface area contributed by atoms with Crippen molar-refractivity contribution in [3.8, 4) is 12.0 Å². The second-order valence-electron chi connectivity index (χ2n) is 4.56. The molecule has 0 saturated heterocycles. The quantitative estimate of drug-likeness (QED) is 0.705. The van der Waals surface area contributed by atoms with E-state index in [0.717, 1.165) is 32.2 Å². The van der Waals surface area contributed by atoms with Gasteiger partial charge in [0.15, 0.2) is 0 Å². The Kier molecular flexibility index (Phi) is 5.86. The minimum atomic E-state index is 0.310. The average molecular weight is 291 g/mol. The van der Waals surface area contributed by atoms with Gasteiger partial charge in [0.05, 0.1) is 6.61 Å². The van der Waals surface area contributed by atoms with Gasteiger partial charge in [0.25, 0.3) is 5.95 Å². The molecule has 0 aliphatic heterocycles. The zero-order valence-corrected chi connectivity index (χ0v) is 12.5. The summed E-state index contributed by atoms with van der Waals surface area (Å²) in [7, 11) is 0. The molecule has 0 radical (unpaired) electrons. The van der Waals surface area contributed by atoms with Crippen molar-refractivity contribution in [1.29, 1.82) is 0 Å². The molecule has 0 aromatic carbocycles. The molecule has 8 heteroatoms. The summed E-state index contributed by atoms with van der Waals surface area (Å²) >= 11 is 0. The Hall–Kier alpha value is -2.25. The Balaban J connectivity index is 2.12. The van der Waals surface area contributed by atoms with Gasteiger partial charge in [-0.3, -0.25) is 0 Å². The number of nitrogens with one attached hydrogen (secondary N) is 1. The highest BCUT2D eigenvalue weighted by molar-refractivity contribution is 5.29. The van der Waals surface area contributed by atoms with Crippen molar-refractivity contribution < 1.29 is 4.74 Å². The van der Waals surface area contributed by atoms with Crippen LogP contribution in [-0.2, 0) is 0 Å². The third-order valence-electron chi connectivity index (χ3n) is 2.74. The van der Waals surface area contributed by atoms with Crippen LogP contribution in [0.3, 0.4) is 0 Å². The third-order valence-corrected chi connectivity index (χ3v) is 2.74. The first-order valence-corrected chi connectivity index (χ1v) is 7.31. The molecule has 2 aromatic heterocycles. The maximum Gasteiger partial charge on any atom is 0.323 e. The SMILES string of the molecule is CCCCCOc1nc(NCCC)nc(-n2cncn2)n1. The minimum Gasteiger partial charge on any atom is -0.463 e. The third kappa shape index (κ3) is 4.66. The topological polar surface area (TPSA) is 90.6 Å². The van der Waals surface area contributed by atoms with Gasteiger partial charge in [0, 0.05) is 6.54 Å². The van der Waals surface area contributed by atoms with E-state index in [1.807, 2.05) is 0 Å². The predicted octanol–water partition coefficient (Wildman–Crippen LogP) is 1.84. The first kappa shape index (κ1) is 15.1. The normalized spacial score (nSPS) is 10.6. The fraction of sp³-hybridized carbons (Fsp3) is 0.615. The lowest BCUT2D eigenvalue weighted by atomic mass is 10.3. The van der Waals surface area contributed by atoms with Crippen LogP contribution in [0.25, 0.3) is 5.95 Å². The number of rotatable bonds is 9. The van der Waals surface area contributed by atoms with E-state index in [9.17, 15) is 0 Å². The van der Waals surface area contributed by atoms with Gasteiger partial charge >= 0.3 is 6.01 Å². The highest BCUT2D eigenvalue weighted by atomic mass is 16.5.